The lowest BCUT2D eigenvalue weighted by molar-refractivity contribution is -0.145. The van der Waals surface area contributed by atoms with Crippen molar-refractivity contribution < 1.29 is 9.59 Å². The molecule has 0 unspecified atom stereocenters. The number of nitrogens with two attached hydrogens (primary N) is 1. The van der Waals surface area contributed by atoms with Crippen LogP contribution in [0.15, 0.2) is 0 Å². The van der Waals surface area contributed by atoms with Gasteiger partial charge in [-0.15, -0.1) is 0 Å². The molecule has 0 aromatic heterocycles. The Balaban J connectivity index is 1.35. The minimum atomic E-state index is -0.849. The minimum Gasteiger partial charge on any atom is -0.369 e. The fourth-order valence-electron chi connectivity index (χ4n) is 4.60. The van der Waals surface area contributed by atoms with E-state index in [1.54, 1.807) is 0 Å². The van der Waals surface area contributed by atoms with E-state index in [0.717, 1.165) is 32.1 Å². The van der Waals surface area contributed by atoms with E-state index in [0.29, 0.717) is 18.9 Å². The molecule has 1 aliphatic carbocycles. The van der Waals surface area contributed by atoms with Crippen molar-refractivity contribution in [2.24, 2.45) is 17.1 Å². The van der Waals surface area contributed by atoms with Gasteiger partial charge in [0.15, 0.2) is 0 Å². The molecule has 0 radical (unpaired) electrons. The molecule has 6 nitrogen and oxygen atoms in total. The molecule has 0 aromatic rings. The molecule has 6 heteroatoms. The van der Waals surface area contributed by atoms with Gasteiger partial charge in [-0.1, -0.05) is 0 Å². The molecule has 4 heterocycles. The summed E-state index contributed by atoms with van der Waals surface area (Å²) in [6.45, 7) is 7.10. The van der Waals surface area contributed by atoms with Gasteiger partial charge in [-0.3, -0.25) is 14.5 Å². The third-order valence-corrected chi connectivity index (χ3v) is 6.32. The predicted octanol–water partition coefficient (Wildman–Crippen LogP) is -0.510. The maximum atomic E-state index is 12.5. The van der Waals surface area contributed by atoms with Gasteiger partial charge >= 0.3 is 0 Å². The van der Waals surface area contributed by atoms with Crippen LogP contribution in [0, 0.1) is 11.3 Å². The molecule has 2 bridgehead atoms. The van der Waals surface area contributed by atoms with Gasteiger partial charge in [0.05, 0.1) is 0 Å². The highest BCUT2D eigenvalue weighted by Crippen LogP contribution is 2.47. The first kappa shape index (κ1) is 14.5. The van der Waals surface area contributed by atoms with E-state index in [9.17, 15) is 9.59 Å². The monoisotopic (exact) mass is 306 g/mol. The predicted molar refractivity (Wildman–Crippen MR) is 82.0 cm³/mol. The highest BCUT2D eigenvalue weighted by Gasteiger charge is 2.57. The number of primary amides is 1. The Hall–Kier alpha value is -1.14. The average molecular weight is 306 g/mol. The number of hydrogen-bond donors (Lipinski definition) is 1. The fourth-order valence-corrected chi connectivity index (χ4v) is 4.60. The lowest BCUT2D eigenvalue weighted by atomic mass is 9.83. The summed E-state index contributed by atoms with van der Waals surface area (Å²) in [5.41, 5.74) is 4.57. The summed E-state index contributed by atoms with van der Waals surface area (Å²) in [7, 11) is 0. The molecule has 122 valence electrons. The van der Waals surface area contributed by atoms with Crippen molar-refractivity contribution >= 4 is 11.8 Å². The highest BCUT2D eigenvalue weighted by atomic mass is 16.2. The number of hydrogen-bond acceptors (Lipinski definition) is 4. The maximum absolute atomic E-state index is 12.5. The van der Waals surface area contributed by atoms with Crippen LogP contribution in [0.4, 0.5) is 0 Å². The summed E-state index contributed by atoms with van der Waals surface area (Å²) < 4.78 is 0. The zero-order chi connectivity index (χ0) is 15.3. The number of piperazine rings is 1. The van der Waals surface area contributed by atoms with Gasteiger partial charge in [-0.2, -0.15) is 0 Å². The van der Waals surface area contributed by atoms with Gasteiger partial charge in [0.25, 0.3) is 0 Å². The summed E-state index contributed by atoms with van der Waals surface area (Å²) in [4.78, 5) is 31.1. The lowest BCUT2D eigenvalue weighted by Crippen LogP contribution is -2.62. The molecule has 22 heavy (non-hydrogen) atoms. The summed E-state index contributed by atoms with van der Waals surface area (Å²) in [6.07, 6.45) is 3.94. The molecule has 5 fully saturated rings. The minimum absolute atomic E-state index is 0.0198. The van der Waals surface area contributed by atoms with Crippen molar-refractivity contribution in [1.82, 2.24) is 14.7 Å². The fraction of sp³-hybridized carbons (Fsp3) is 0.875. The number of nitrogens with zero attached hydrogens (tertiary/aromatic N) is 3. The number of rotatable bonds is 3. The highest BCUT2D eigenvalue weighted by molar-refractivity contribution is 6.07. The van der Waals surface area contributed by atoms with E-state index in [2.05, 4.69) is 9.80 Å². The van der Waals surface area contributed by atoms with E-state index in [1.807, 2.05) is 4.90 Å². The molecule has 1 atom stereocenters. The summed E-state index contributed by atoms with van der Waals surface area (Å²) in [6, 6.07) is 0.672. The first-order chi connectivity index (χ1) is 10.6. The van der Waals surface area contributed by atoms with Crippen LogP contribution in [-0.4, -0.2) is 78.4 Å². The third kappa shape index (κ3) is 2.24. The molecule has 5 aliphatic rings. The second-order valence-corrected chi connectivity index (χ2v) is 7.48. The maximum Gasteiger partial charge on any atom is 0.238 e. The lowest BCUT2D eigenvalue weighted by Gasteiger charge is -2.51. The van der Waals surface area contributed by atoms with Crippen LogP contribution in [-0.2, 0) is 9.59 Å². The number of carbonyl (C=O) groups is 2. The van der Waals surface area contributed by atoms with Crippen molar-refractivity contribution in [3.8, 4) is 0 Å². The quantitative estimate of drug-likeness (QED) is 0.713. The normalized spacial score (nSPS) is 37.1. The Labute approximate surface area is 131 Å². The van der Waals surface area contributed by atoms with E-state index in [1.165, 1.54) is 32.5 Å². The van der Waals surface area contributed by atoms with Gasteiger partial charge in [0.1, 0.15) is 5.41 Å². The molecule has 4 aliphatic heterocycles. The standard InChI is InChI=1S/C16H26N4O2/c17-14(21)16(3-4-16)15(22)20-9-7-19(8-10-20)13-11-18-5-1-12(13)2-6-18/h12-13H,1-11H2,(H2,17,21)/t13-/m0/s1. The van der Waals surface area contributed by atoms with Gasteiger partial charge in [0, 0.05) is 38.8 Å². The number of carbonyl (C=O) groups excluding carboxylic acids is 2. The Kier molecular flexibility index (Phi) is 3.42. The van der Waals surface area contributed by atoms with Crippen LogP contribution >= 0.6 is 0 Å². The molecule has 5 rings (SSSR count). The number of amides is 2. The Morgan fingerprint density at radius 1 is 0.955 bits per heavy atom. The second-order valence-electron chi connectivity index (χ2n) is 7.48. The summed E-state index contributed by atoms with van der Waals surface area (Å²) >= 11 is 0. The average Bonchev–Trinajstić information content (AvgIpc) is 3.37. The van der Waals surface area contributed by atoms with Gasteiger partial charge in [-0.25, -0.2) is 0 Å². The van der Waals surface area contributed by atoms with Crippen LogP contribution < -0.4 is 5.73 Å². The van der Waals surface area contributed by atoms with Crippen LogP contribution in [0.1, 0.15) is 25.7 Å². The van der Waals surface area contributed by atoms with E-state index in [4.69, 9.17) is 5.73 Å². The largest absolute Gasteiger partial charge is 0.369 e. The van der Waals surface area contributed by atoms with Crippen LogP contribution in [0.5, 0.6) is 0 Å². The van der Waals surface area contributed by atoms with Crippen molar-refractivity contribution in [3.63, 3.8) is 0 Å². The zero-order valence-electron chi connectivity index (χ0n) is 13.2. The molecule has 2 amide bonds. The third-order valence-electron chi connectivity index (χ3n) is 6.32. The van der Waals surface area contributed by atoms with E-state index >= 15 is 0 Å². The van der Waals surface area contributed by atoms with E-state index < -0.39 is 11.3 Å². The molecule has 0 spiro atoms. The topological polar surface area (TPSA) is 69.9 Å². The molecule has 4 saturated heterocycles. The summed E-state index contributed by atoms with van der Waals surface area (Å²) in [5, 5.41) is 0. The van der Waals surface area contributed by atoms with Crippen LogP contribution in [0.25, 0.3) is 0 Å². The molecule has 1 saturated carbocycles. The smallest absolute Gasteiger partial charge is 0.238 e. The molecule has 0 aromatic carbocycles. The zero-order valence-corrected chi connectivity index (χ0v) is 13.2. The molecule has 2 N–H and O–H groups in total. The Bertz CT molecular complexity index is 475. The van der Waals surface area contributed by atoms with Crippen LogP contribution in [0.2, 0.25) is 0 Å². The van der Waals surface area contributed by atoms with Crippen molar-refractivity contribution in [3.05, 3.63) is 0 Å². The second kappa shape index (κ2) is 5.20. The van der Waals surface area contributed by atoms with Crippen molar-refractivity contribution in [2.45, 2.75) is 31.7 Å². The SMILES string of the molecule is NC(=O)C1(C(=O)N2CCN([C@H]3CN4CCC3CC4)CC2)CC1. The van der Waals surface area contributed by atoms with Crippen LogP contribution in [0.3, 0.4) is 0 Å². The number of piperidine rings is 3. The van der Waals surface area contributed by atoms with Crippen molar-refractivity contribution in [1.29, 1.82) is 0 Å². The summed E-state index contributed by atoms with van der Waals surface area (Å²) in [5.74, 6) is 0.388. The molecular weight excluding hydrogens is 280 g/mol. The van der Waals surface area contributed by atoms with E-state index in [-0.39, 0.29) is 5.91 Å². The van der Waals surface area contributed by atoms with Gasteiger partial charge in [0.2, 0.25) is 11.8 Å². The Morgan fingerprint density at radius 3 is 2.05 bits per heavy atom. The van der Waals surface area contributed by atoms with Crippen molar-refractivity contribution in [2.75, 3.05) is 45.8 Å². The Morgan fingerprint density at radius 2 is 1.59 bits per heavy atom. The first-order valence-electron chi connectivity index (χ1n) is 8.66. The molecular formula is C16H26N4O2. The number of fused-ring (bicyclic) bond motifs is 3. The van der Waals surface area contributed by atoms with Gasteiger partial charge in [-0.05, 0) is 44.7 Å². The first-order valence-corrected chi connectivity index (χ1v) is 8.66. The van der Waals surface area contributed by atoms with Gasteiger partial charge < -0.3 is 15.5 Å².